The average Bonchev–Trinajstić information content (AvgIpc) is 2.62. The van der Waals surface area contributed by atoms with Gasteiger partial charge in [-0.3, -0.25) is 0 Å². The van der Waals surface area contributed by atoms with Crippen LogP contribution in [0.2, 0.25) is 0 Å². The van der Waals surface area contributed by atoms with Gasteiger partial charge < -0.3 is 15.2 Å². The highest BCUT2D eigenvalue weighted by Gasteiger charge is 2.16. The second-order valence-electron chi connectivity index (χ2n) is 2.78. The van der Waals surface area contributed by atoms with Gasteiger partial charge >= 0.3 is 5.97 Å². The Bertz CT molecular complexity index is 479. The lowest BCUT2D eigenvalue weighted by Crippen LogP contribution is -2.10. The predicted molar refractivity (Wildman–Crippen MR) is 46.5 cm³/mol. The topological polar surface area (TPSA) is 99.1 Å². The number of carboxylic acid groups (broad SMARTS) is 1. The molecule has 14 heavy (non-hydrogen) atoms. The maximum atomic E-state index is 10.5. The highest BCUT2D eigenvalue weighted by Crippen LogP contribution is 2.15. The number of aliphatic carboxylic acids is 1. The summed E-state index contributed by atoms with van der Waals surface area (Å²) >= 11 is 0. The molecule has 0 aromatic carbocycles. The third kappa shape index (κ3) is 1.31. The van der Waals surface area contributed by atoms with Crippen LogP contribution in [0.3, 0.4) is 0 Å². The zero-order chi connectivity index (χ0) is 10.1. The molecule has 72 valence electrons. The number of aliphatic hydroxyl groups excluding tert-OH is 1. The van der Waals surface area contributed by atoms with E-state index in [1.807, 2.05) is 0 Å². The Hall–Kier alpha value is -1.95. The third-order valence-corrected chi connectivity index (χ3v) is 1.84. The van der Waals surface area contributed by atoms with Crippen molar-refractivity contribution in [3.05, 3.63) is 24.2 Å². The largest absolute Gasteiger partial charge is 0.479 e. The van der Waals surface area contributed by atoms with Crippen LogP contribution < -0.4 is 0 Å². The number of aliphatic hydroxyl groups is 1. The minimum atomic E-state index is -1.55. The smallest absolute Gasteiger partial charge is 0.337 e. The number of carboxylic acids is 1. The number of nitrogens with zero attached hydrogens (tertiary/aromatic N) is 2. The standard InChI is InChI=1S/C8H7N3O3/c12-6(8(13)14)4-1-5-7(9-2-4)11-3-10-5/h1-3,6,12H,(H,13,14)(H,9,10,11). The zero-order valence-corrected chi connectivity index (χ0v) is 7.01. The van der Waals surface area contributed by atoms with Crippen LogP contribution in [0.5, 0.6) is 0 Å². The number of H-pyrrole nitrogens is 1. The predicted octanol–water partition coefficient (Wildman–Crippen LogP) is 0.0759. The van der Waals surface area contributed by atoms with Crippen LogP contribution in [0.4, 0.5) is 0 Å². The lowest BCUT2D eigenvalue weighted by atomic mass is 10.1. The number of carbonyl (C=O) groups is 1. The molecule has 0 bridgehead atoms. The molecule has 0 saturated carbocycles. The van der Waals surface area contributed by atoms with Gasteiger partial charge in [0.25, 0.3) is 0 Å². The molecule has 0 fully saturated rings. The number of rotatable bonds is 2. The number of hydrogen-bond donors (Lipinski definition) is 3. The zero-order valence-electron chi connectivity index (χ0n) is 7.01. The van der Waals surface area contributed by atoms with Crippen LogP contribution in [-0.2, 0) is 4.79 Å². The van der Waals surface area contributed by atoms with Gasteiger partial charge in [0.1, 0.15) is 0 Å². The van der Waals surface area contributed by atoms with E-state index in [0.29, 0.717) is 11.2 Å². The van der Waals surface area contributed by atoms with E-state index in [0.717, 1.165) is 0 Å². The van der Waals surface area contributed by atoms with Gasteiger partial charge in [0.2, 0.25) is 0 Å². The number of nitrogens with one attached hydrogen (secondary N) is 1. The first-order valence-corrected chi connectivity index (χ1v) is 3.88. The summed E-state index contributed by atoms with van der Waals surface area (Å²) in [6, 6.07) is 1.51. The Morgan fingerprint density at radius 3 is 3.00 bits per heavy atom. The lowest BCUT2D eigenvalue weighted by molar-refractivity contribution is -0.146. The van der Waals surface area contributed by atoms with Crippen molar-refractivity contribution in [2.75, 3.05) is 0 Å². The summed E-state index contributed by atoms with van der Waals surface area (Å²) in [7, 11) is 0. The first-order valence-electron chi connectivity index (χ1n) is 3.88. The van der Waals surface area contributed by atoms with Crippen molar-refractivity contribution < 1.29 is 15.0 Å². The van der Waals surface area contributed by atoms with Gasteiger partial charge in [0.15, 0.2) is 11.8 Å². The molecule has 0 saturated heterocycles. The summed E-state index contributed by atoms with van der Waals surface area (Å²) in [5.41, 5.74) is 1.32. The quantitative estimate of drug-likeness (QED) is 0.627. The van der Waals surface area contributed by atoms with E-state index in [1.54, 1.807) is 0 Å². The van der Waals surface area contributed by atoms with Crippen molar-refractivity contribution >= 4 is 17.1 Å². The van der Waals surface area contributed by atoms with E-state index in [2.05, 4.69) is 15.0 Å². The second kappa shape index (κ2) is 3.08. The van der Waals surface area contributed by atoms with E-state index in [9.17, 15) is 9.90 Å². The molecule has 0 aliphatic carbocycles. The van der Waals surface area contributed by atoms with Crippen LogP contribution in [0.25, 0.3) is 11.2 Å². The van der Waals surface area contributed by atoms with Gasteiger partial charge in [0, 0.05) is 11.8 Å². The van der Waals surface area contributed by atoms with Gasteiger partial charge in [-0.05, 0) is 6.07 Å². The Labute approximate surface area is 78.2 Å². The van der Waals surface area contributed by atoms with Crippen LogP contribution in [0, 0.1) is 0 Å². The Kier molecular flexibility index (Phi) is 1.90. The van der Waals surface area contributed by atoms with Gasteiger partial charge in [-0.2, -0.15) is 0 Å². The summed E-state index contributed by atoms with van der Waals surface area (Å²) in [6.45, 7) is 0. The van der Waals surface area contributed by atoms with Crippen LogP contribution in [-0.4, -0.2) is 31.1 Å². The Morgan fingerprint density at radius 2 is 2.29 bits per heavy atom. The second-order valence-corrected chi connectivity index (χ2v) is 2.78. The molecule has 6 heteroatoms. The molecule has 2 aromatic rings. The first-order chi connectivity index (χ1) is 6.68. The van der Waals surface area contributed by atoms with E-state index >= 15 is 0 Å². The van der Waals surface area contributed by atoms with Crippen molar-refractivity contribution in [3.8, 4) is 0 Å². The van der Waals surface area contributed by atoms with Crippen molar-refractivity contribution in [2.24, 2.45) is 0 Å². The monoisotopic (exact) mass is 193 g/mol. The van der Waals surface area contributed by atoms with E-state index < -0.39 is 12.1 Å². The SMILES string of the molecule is O=C(O)C(O)c1cnc2nc[nH]c2c1. The van der Waals surface area contributed by atoms with Crippen LogP contribution >= 0.6 is 0 Å². The fourth-order valence-corrected chi connectivity index (χ4v) is 1.14. The summed E-state index contributed by atoms with van der Waals surface area (Å²) < 4.78 is 0. The number of fused-ring (bicyclic) bond motifs is 1. The fourth-order valence-electron chi connectivity index (χ4n) is 1.14. The molecule has 0 radical (unpaired) electrons. The number of pyridine rings is 1. The highest BCUT2D eigenvalue weighted by molar-refractivity contribution is 5.77. The normalized spacial score (nSPS) is 12.9. The molecule has 1 unspecified atom stereocenters. The van der Waals surface area contributed by atoms with Crippen LogP contribution in [0.15, 0.2) is 18.6 Å². The number of hydrogen-bond acceptors (Lipinski definition) is 4. The van der Waals surface area contributed by atoms with E-state index in [-0.39, 0.29) is 5.56 Å². The van der Waals surface area contributed by atoms with Gasteiger partial charge in [-0.1, -0.05) is 0 Å². The summed E-state index contributed by atoms with van der Waals surface area (Å²) in [6.07, 6.45) is 1.20. The van der Waals surface area contributed by atoms with Gasteiger partial charge in [-0.25, -0.2) is 14.8 Å². The van der Waals surface area contributed by atoms with Gasteiger partial charge in [-0.15, -0.1) is 0 Å². The average molecular weight is 193 g/mol. The van der Waals surface area contributed by atoms with Crippen molar-refractivity contribution in [2.45, 2.75) is 6.10 Å². The molecule has 3 N–H and O–H groups in total. The molecular weight excluding hydrogens is 186 g/mol. The molecule has 2 aromatic heterocycles. The summed E-state index contributed by atoms with van der Waals surface area (Å²) in [5, 5.41) is 17.8. The molecular formula is C8H7N3O3. The maximum Gasteiger partial charge on any atom is 0.337 e. The summed E-state index contributed by atoms with van der Waals surface area (Å²) in [4.78, 5) is 21.0. The van der Waals surface area contributed by atoms with E-state index in [4.69, 9.17) is 5.11 Å². The number of aromatic amines is 1. The maximum absolute atomic E-state index is 10.5. The van der Waals surface area contributed by atoms with Crippen LogP contribution in [0.1, 0.15) is 11.7 Å². The Balaban J connectivity index is 2.48. The Morgan fingerprint density at radius 1 is 1.50 bits per heavy atom. The van der Waals surface area contributed by atoms with E-state index in [1.165, 1.54) is 18.6 Å². The molecule has 0 spiro atoms. The molecule has 0 aliphatic rings. The van der Waals surface area contributed by atoms with Crippen molar-refractivity contribution in [1.29, 1.82) is 0 Å². The third-order valence-electron chi connectivity index (χ3n) is 1.84. The van der Waals surface area contributed by atoms with Crippen molar-refractivity contribution in [1.82, 2.24) is 15.0 Å². The minimum absolute atomic E-state index is 0.231. The fraction of sp³-hybridized carbons (Fsp3) is 0.125. The highest BCUT2D eigenvalue weighted by atomic mass is 16.4. The number of imidazole rings is 1. The molecule has 2 rings (SSSR count). The van der Waals surface area contributed by atoms with Crippen molar-refractivity contribution in [3.63, 3.8) is 0 Å². The molecule has 1 atom stereocenters. The first kappa shape index (κ1) is 8.64. The number of aromatic nitrogens is 3. The summed E-state index contributed by atoms with van der Waals surface area (Å²) in [5.74, 6) is -1.30. The molecule has 6 nitrogen and oxygen atoms in total. The van der Waals surface area contributed by atoms with Gasteiger partial charge in [0.05, 0.1) is 11.8 Å². The molecule has 0 amide bonds. The molecule has 2 heterocycles. The molecule has 0 aliphatic heterocycles. The minimum Gasteiger partial charge on any atom is -0.479 e. The lowest BCUT2D eigenvalue weighted by Gasteiger charge is -2.03.